The van der Waals surface area contributed by atoms with Gasteiger partial charge < -0.3 is 9.64 Å². The van der Waals surface area contributed by atoms with Crippen molar-refractivity contribution in [1.29, 1.82) is 0 Å². The van der Waals surface area contributed by atoms with Crippen LogP contribution in [0.1, 0.15) is 36.0 Å². The fraction of sp³-hybridized carbons (Fsp3) is 0.304. The van der Waals surface area contributed by atoms with E-state index in [4.69, 9.17) is 4.74 Å². The van der Waals surface area contributed by atoms with Crippen molar-refractivity contribution in [3.63, 3.8) is 0 Å². The number of fused-ring (bicyclic) bond motifs is 1. The third-order valence-corrected chi connectivity index (χ3v) is 4.59. The predicted octanol–water partition coefficient (Wildman–Crippen LogP) is 3.04. The first kappa shape index (κ1) is 21.2. The van der Waals surface area contributed by atoms with Crippen LogP contribution >= 0.6 is 0 Å². The summed E-state index contributed by atoms with van der Waals surface area (Å²) >= 11 is 0. The maximum absolute atomic E-state index is 13.1. The second-order valence-electron chi connectivity index (χ2n) is 7.70. The molecule has 1 amide bonds. The quantitative estimate of drug-likeness (QED) is 0.587. The van der Waals surface area contributed by atoms with Crippen LogP contribution < -0.4 is 5.56 Å². The largest absolute Gasteiger partial charge is 0.442 e. The summed E-state index contributed by atoms with van der Waals surface area (Å²) in [6, 6.07) is 15.6. The second kappa shape index (κ2) is 8.90. The number of likely N-dealkylation sites (N-methyl/N-ethyl adjacent to an activating group) is 1. The Morgan fingerprint density at radius 2 is 1.60 bits per heavy atom. The van der Waals surface area contributed by atoms with Crippen LogP contribution in [0.15, 0.2) is 59.4 Å². The molecule has 7 nitrogen and oxygen atoms in total. The highest BCUT2D eigenvalue weighted by atomic mass is 16.5. The minimum Gasteiger partial charge on any atom is -0.442 e. The third-order valence-electron chi connectivity index (χ3n) is 4.59. The number of amides is 1. The Morgan fingerprint density at radius 1 is 1.00 bits per heavy atom. The summed E-state index contributed by atoms with van der Waals surface area (Å²) in [6.45, 7) is 4.29. The lowest BCUT2D eigenvalue weighted by Gasteiger charge is -2.21. The Kier molecular flexibility index (Phi) is 6.30. The average molecular weight is 407 g/mol. The van der Waals surface area contributed by atoms with Gasteiger partial charge in [0.25, 0.3) is 11.5 Å². The first-order valence-electron chi connectivity index (χ1n) is 9.76. The third kappa shape index (κ3) is 4.40. The van der Waals surface area contributed by atoms with E-state index in [-0.39, 0.29) is 23.1 Å². The van der Waals surface area contributed by atoms with Crippen molar-refractivity contribution in [3.05, 3.63) is 76.2 Å². The highest BCUT2D eigenvalue weighted by Crippen LogP contribution is 2.23. The van der Waals surface area contributed by atoms with E-state index in [1.54, 1.807) is 62.6 Å². The number of aromatic nitrogens is 2. The number of carbonyl (C=O) groups excluding carboxylic acids is 2. The molecule has 156 valence electrons. The summed E-state index contributed by atoms with van der Waals surface area (Å²) in [5, 5.41) is 5.08. The summed E-state index contributed by atoms with van der Waals surface area (Å²) in [5.74, 6) is -0.963. The zero-order valence-electron chi connectivity index (χ0n) is 17.5. The van der Waals surface area contributed by atoms with Crippen molar-refractivity contribution in [2.45, 2.75) is 26.5 Å². The SMILES string of the molecule is CC(C)Cn1nc(C(=O)O[C@@H](C(=O)N(C)C)c2ccccc2)c2ccccc2c1=O. The van der Waals surface area contributed by atoms with Gasteiger partial charge in [0.05, 0.1) is 5.39 Å². The van der Waals surface area contributed by atoms with Crippen LogP contribution in [0.2, 0.25) is 0 Å². The summed E-state index contributed by atoms with van der Waals surface area (Å²) in [5.41, 5.74) is 0.308. The number of hydrogen-bond acceptors (Lipinski definition) is 5. The highest BCUT2D eigenvalue weighted by Gasteiger charge is 2.29. The maximum atomic E-state index is 13.1. The summed E-state index contributed by atoms with van der Waals surface area (Å²) in [4.78, 5) is 40.0. The molecule has 0 unspecified atom stereocenters. The lowest BCUT2D eigenvalue weighted by atomic mass is 10.1. The van der Waals surface area contributed by atoms with Crippen LogP contribution in [0, 0.1) is 5.92 Å². The Morgan fingerprint density at radius 3 is 2.20 bits per heavy atom. The lowest BCUT2D eigenvalue weighted by Crippen LogP contribution is -2.32. The van der Waals surface area contributed by atoms with Crippen molar-refractivity contribution in [3.8, 4) is 0 Å². The van der Waals surface area contributed by atoms with Gasteiger partial charge in [-0.2, -0.15) is 5.10 Å². The zero-order chi connectivity index (χ0) is 21.8. The van der Waals surface area contributed by atoms with Gasteiger partial charge in [-0.05, 0) is 12.0 Å². The molecule has 0 aliphatic rings. The molecule has 0 saturated carbocycles. The van der Waals surface area contributed by atoms with Gasteiger partial charge in [-0.3, -0.25) is 9.59 Å². The molecule has 0 aliphatic heterocycles. The molecule has 2 aromatic carbocycles. The normalized spacial score (nSPS) is 12.0. The van der Waals surface area contributed by atoms with E-state index in [0.29, 0.717) is 22.9 Å². The molecule has 0 spiro atoms. The van der Waals surface area contributed by atoms with Crippen LogP contribution in [0.3, 0.4) is 0 Å². The van der Waals surface area contributed by atoms with Gasteiger partial charge in [0, 0.05) is 31.6 Å². The molecular weight excluding hydrogens is 382 g/mol. The molecule has 3 rings (SSSR count). The molecule has 0 radical (unpaired) electrons. The summed E-state index contributed by atoms with van der Waals surface area (Å²) < 4.78 is 6.93. The Labute approximate surface area is 174 Å². The van der Waals surface area contributed by atoms with Crippen LogP contribution in [0.25, 0.3) is 10.8 Å². The number of carbonyl (C=O) groups is 2. The van der Waals surface area contributed by atoms with Gasteiger partial charge in [-0.15, -0.1) is 0 Å². The van der Waals surface area contributed by atoms with Crippen LogP contribution in [-0.4, -0.2) is 40.7 Å². The molecule has 0 aliphatic carbocycles. The number of esters is 1. The maximum Gasteiger partial charge on any atom is 0.360 e. The number of nitrogens with zero attached hydrogens (tertiary/aromatic N) is 3. The van der Waals surface area contributed by atoms with E-state index < -0.39 is 12.1 Å². The number of ether oxygens (including phenoxy) is 1. The Balaban J connectivity index is 2.08. The van der Waals surface area contributed by atoms with E-state index in [2.05, 4.69) is 5.10 Å². The van der Waals surface area contributed by atoms with E-state index in [1.165, 1.54) is 9.58 Å². The molecular formula is C23H25N3O4. The van der Waals surface area contributed by atoms with Gasteiger partial charge >= 0.3 is 5.97 Å². The standard InChI is InChI=1S/C23H25N3O4/c1-15(2)14-26-21(27)18-13-9-8-12-17(18)19(24-26)23(29)30-20(22(28)25(3)4)16-10-6-5-7-11-16/h5-13,15,20H,14H2,1-4H3/t20-/m1/s1. The molecule has 0 N–H and O–H groups in total. The lowest BCUT2D eigenvalue weighted by molar-refractivity contribution is -0.138. The monoisotopic (exact) mass is 407 g/mol. The van der Waals surface area contributed by atoms with Gasteiger partial charge in [0.2, 0.25) is 6.10 Å². The molecule has 7 heteroatoms. The molecule has 30 heavy (non-hydrogen) atoms. The van der Waals surface area contributed by atoms with Crippen molar-refractivity contribution >= 4 is 22.6 Å². The highest BCUT2D eigenvalue weighted by molar-refractivity contribution is 6.03. The minimum atomic E-state index is -1.11. The molecule has 1 heterocycles. The summed E-state index contributed by atoms with van der Waals surface area (Å²) in [6.07, 6.45) is -1.11. The average Bonchev–Trinajstić information content (AvgIpc) is 2.73. The fourth-order valence-electron chi connectivity index (χ4n) is 3.14. The Bertz CT molecular complexity index is 1120. The van der Waals surface area contributed by atoms with Crippen LogP contribution in [0.4, 0.5) is 0 Å². The van der Waals surface area contributed by atoms with Gasteiger partial charge in [0.1, 0.15) is 0 Å². The van der Waals surface area contributed by atoms with Crippen LogP contribution in [0.5, 0.6) is 0 Å². The number of rotatable bonds is 6. The minimum absolute atomic E-state index is 0.0123. The Hall–Kier alpha value is -3.48. The number of benzene rings is 2. The zero-order valence-corrected chi connectivity index (χ0v) is 17.5. The van der Waals surface area contributed by atoms with Crippen molar-refractivity contribution in [2.75, 3.05) is 14.1 Å². The molecule has 0 saturated heterocycles. The number of hydrogen-bond donors (Lipinski definition) is 0. The van der Waals surface area contributed by atoms with Gasteiger partial charge in [0.15, 0.2) is 5.69 Å². The first-order chi connectivity index (χ1) is 14.3. The van der Waals surface area contributed by atoms with Crippen molar-refractivity contribution in [2.24, 2.45) is 5.92 Å². The van der Waals surface area contributed by atoms with Crippen molar-refractivity contribution in [1.82, 2.24) is 14.7 Å². The topological polar surface area (TPSA) is 81.5 Å². The first-order valence-corrected chi connectivity index (χ1v) is 9.76. The van der Waals surface area contributed by atoms with E-state index >= 15 is 0 Å². The van der Waals surface area contributed by atoms with E-state index in [9.17, 15) is 14.4 Å². The molecule has 1 atom stereocenters. The van der Waals surface area contributed by atoms with Gasteiger partial charge in [-0.25, -0.2) is 9.48 Å². The van der Waals surface area contributed by atoms with Crippen molar-refractivity contribution < 1.29 is 14.3 Å². The molecule has 1 aromatic heterocycles. The molecule has 0 bridgehead atoms. The van der Waals surface area contributed by atoms with Crippen LogP contribution in [-0.2, 0) is 16.1 Å². The predicted molar refractivity (Wildman–Crippen MR) is 114 cm³/mol. The van der Waals surface area contributed by atoms with E-state index in [1.807, 2.05) is 19.9 Å². The molecule has 3 aromatic rings. The smallest absolute Gasteiger partial charge is 0.360 e. The fourth-order valence-corrected chi connectivity index (χ4v) is 3.14. The molecule has 0 fully saturated rings. The van der Waals surface area contributed by atoms with E-state index in [0.717, 1.165) is 0 Å². The second-order valence-corrected chi connectivity index (χ2v) is 7.70. The van der Waals surface area contributed by atoms with Gasteiger partial charge in [-0.1, -0.05) is 62.4 Å². The summed E-state index contributed by atoms with van der Waals surface area (Å²) in [7, 11) is 3.20.